The fourth-order valence-electron chi connectivity index (χ4n) is 2.11. The van der Waals surface area contributed by atoms with E-state index in [-0.39, 0.29) is 12.0 Å². The maximum absolute atomic E-state index is 12.1. The number of hydrogen-bond donors (Lipinski definition) is 0. The Morgan fingerprint density at radius 3 is 3.06 bits per heavy atom. The van der Waals surface area contributed by atoms with Crippen molar-refractivity contribution in [1.29, 1.82) is 0 Å². The first kappa shape index (κ1) is 14.0. The monoisotopic (exact) mass is 331 g/mol. The van der Waals surface area contributed by atoms with Crippen molar-refractivity contribution in [3.8, 4) is 0 Å². The van der Waals surface area contributed by atoms with E-state index in [2.05, 4.69) is 27.4 Å². The zero-order valence-corrected chi connectivity index (χ0v) is 12.9. The summed E-state index contributed by atoms with van der Waals surface area (Å²) in [4.78, 5) is 13.8. The van der Waals surface area contributed by atoms with Gasteiger partial charge in [-0.1, -0.05) is 0 Å². The minimum atomic E-state index is 0.128. The number of nitrogens with zero attached hydrogens (tertiary/aromatic N) is 1. The minimum absolute atomic E-state index is 0.128. The van der Waals surface area contributed by atoms with Crippen LogP contribution < -0.4 is 0 Å². The molecule has 0 radical (unpaired) electrons. The molecule has 1 aliphatic heterocycles. The smallest absolute Gasteiger partial charge is 0.225 e. The summed E-state index contributed by atoms with van der Waals surface area (Å²) in [5.74, 6) is 0.171. The molecule has 5 heteroatoms. The molecule has 1 saturated heterocycles. The Bertz CT molecular complexity index is 401. The standard InChI is InChI=1S/C13H18BrNO2S/c1-15(8-10-6-12(14)18-9-10)13(16)7-11-4-2-3-5-17-11/h6,9,11H,2-5,7-8H2,1H3. The van der Waals surface area contributed by atoms with Crippen LogP contribution in [0.3, 0.4) is 0 Å². The third kappa shape index (κ3) is 4.07. The molecule has 1 aliphatic rings. The molecule has 3 nitrogen and oxygen atoms in total. The topological polar surface area (TPSA) is 29.5 Å². The second-order valence-corrected chi connectivity index (χ2v) is 6.99. The molecule has 1 amide bonds. The highest BCUT2D eigenvalue weighted by Gasteiger charge is 2.20. The highest BCUT2D eigenvalue weighted by molar-refractivity contribution is 9.11. The number of amides is 1. The van der Waals surface area contributed by atoms with Crippen LogP contribution in [0.5, 0.6) is 0 Å². The van der Waals surface area contributed by atoms with E-state index >= 15 is 0 Å². The van der Waals surface area contributed by atoms with Gasteiger partial charge in [-0.25, -0.2) is 0 Å². The van der Waals surface area contributed by atoms with Crippen molar-refractivity contribution >= 4 is 33.2 Å². The van der Waals surface area contributed by atoms with Crippen LogP contribution in [-0.2, 0) is 16.1 Å². The van der Waals surface area contributed by atoms with Crippen LogP contribution >= 0.6 is 27.3 Å². The van der Waals surface area contributed by atoms with Gasteiger partial charge < -0.3 is 9.64 Å². The molecule has 0 spiro atoms. The van der Waals surface area contributed by atoms with E-state index in [1.54, 1.807) is 16.2 Å². The third-order valence-corrected chi connectivity index (χ3v) is 4.70. The number of carbonyl (C=O) groups excluding carboxylic acids is 1. The number of hydrogen-bond acceptors (Lipinski definition) is 3. The van der Waals surface area contributed by atoms with Gasteiger partial charge in [0.2, 0.25) is 5.91 Å². The molecule has 0 bridgehead atoms. The molecule has 18 heavy (non-hydrogen) atoms. The van der Waals surface area contributed by atoms with Gasteiger partial charge in [-0.2, -0.15) is 0 Å². The van der Waals surface area contributed by atoms with E-state index < -0.39 is 0 Å². The average Bonchev–Trinajstić information content (AvgIpc) is 2.76. The summed E-state index contributed by atoms with van der Waals surface area (Å²) in [6.45, 7) is 1.48. The van der Waals surface area contributed by atoms with Crippen LogP contribution in [0.25, 0.3) is 0 Å². The molecule has 1 unspecified atom stereocenters. The minimum Gasteiger partial charge on any atom is -0.378 e. The first-order valence-corrected chi connectivity index (χ1v) is 7.91. The number of halogens is 1. The highest BCUT2D eigenvalue weighted by atomic mass is 79.9. The SMILES string of the molecule is CN(Cc1csc(Br)c1)C(=O)CC1CCCCO1. The van der Waals surface area contributed by atoms with E-state index in [1.807, 2.05) is 7.05 Å². The van der Waals surface area contributed by atoms with Crippen molar-refractivity contribution in [3.63, 3.8) is 0 Å². The summed E-state index contributed by atoms with van der Waals surface area (Å²) in [6, 6.07) is 2.06. The summed E-state index contributed by atoms with van der Waals surface area (Å²) in [5.41, 5.74) is 1.17. The lowest BCUT2D eigenvalue weighted by Gasteiger charge is -2.24. The van der Waals surface area contributed by atoms with Gasteiger partial charge in [0.05, 0.1) is 16.3 Å². The van der Waals surface area contributed by atoms with Gasteiger partial charge in [0.1, 0.15) is 0 Å². The van der Waals surface area contributed by atoms with Crippen LogP contribution in [0, 0.1) is 0 Å². The van der Waals surface area contributed by atoms with E-state index in [0.29, 0.717) is 13.0 Å². The maximum atomic E-state index is 12.1. The first-order chi connectivity index (χ1) is 8.65. The quantitative estimate of drug-likeness (QED) is 0.845. The van der Waals surface area contributed by atoms with E-state index in [9.17, 15) is 4.79 Å². The molecule has 1 atom stereocenters. The number of rotatable bonds is 4. The van der Waals surface area contributed by atoms with Gasteiger partial charge in [-0.15, -0.1) is 11.3 Å². The number of thiophene rings is 1. The average molecular weight is 332 g/mol. The van der Waals surface area contributed by atoms with E-state index in [4.69, 9.17) is 4.74 Å². The summed E-state index contributed by atoms with van der Waals surface area (Å²) in [6.07, 6.45) is 3.97. The lowest BCUT2D eigenvalue weighted by molar-refractivity contribution is -0.134. The van der Waals surface area contributed by atoms with Gasteiger partial charge in [-0.3, -0.25) is 4.79 Å². The molecule has 0 saturated carbocycles. The van der Waals surface area contributed by atoms with Crippen molar-refractivity contribution in [2.24, 2.45) is 0 Å². The maximum Gasteiger partial charge on any atom is 0.225 e. The predicted molar refractivity (Wildman–Crippen MR) is 76.7 cm³/mol. The lowest BCUT2D eigenvalue weighted by Crippen LogP contribution is -2.31. The van der Waals surface area contributed by atoms with Crippen LogP contribution in [-0.4, -0.2) is 30.6 Å². The van der Waals surface area contributed by atoms with Crippen LogP contribution in [0.1, 0.15) is 31.2 Å². The van der Waals surface area contributed by atoms with Gasteiger partial charge in [0.25, 0.3) is 0 Å². The van der Waals surface area contributed by atoms with Crippen molar-refractivity contribution in [2.75, 3.05) is 13.7 Å². The Morgan fingerprint density at radius 2 is 2.44 bits per heavy atom. The summed E-state index contributed by atoms with van der Waals surface area (Å²) in [5, 5.41) is 2.07. The fourth-order valence-corrected chi connectivity index (χ4v) is 3.31. The normalized spacial score (nSPS) is 19.8. The molecule has 0 aromatic carbocycles. The molecule has 2 heterocycles. The molecule has 2 rings (SSSR count). The van der Waals surface area contributed by atoms with Crippen LogP contribution in [0.15, 0.2) is 15.2 Å². The Morgan fingerprint density at radius 1 is 1.61 bits per heavy atom. The van der Waals surface area contributed by atoms with Crippen LogP contribution in [0.2, 0.25) is 0 Å². The van der Waals surface area contributed by atoms with E-state index in [1.165, 1.54) is 12.0 Å². The van der Waals surface area contributed by atoms with Gasteiger partial charge in [-0.05, 0) is 52.2 Å². The Hall–Kier alpha value is -0.390. The highest BCUT2D eigenvalue weighted by Crippen LogP contribution is 2.22. The Balaban J connectivity index is 1.80. The van der Waals surface area contributed by atoms with Crippen molar-refractivity contribution in [2.45, 2.75) is 38.3 Å². The van der Waals surface area contributed by atoms with Crippen molar-refractivity contribution in [1.82, 2.24) is 4.90 Å². The molecule has 1 aromatic rings. The second-order valence-electron chi connectivity index (χ2n) is 4.70. The molecular formula is C13H18BrNO2S. The fraction of sp³-hybridized carbons (Fsp3) is 0.615. The zero-order chi connectivity index (χ0) is 13.0. The molecule has 0 aliphatic carbocycles. The van der Waals surface area contributed by atoms with Crippen molar-refractivity contribution in [3.05, 3.63) is 20.8 Å². The second kappa shape index (κ2) is 6.68. The number of carbonyl (C=O) groups is 1. The van der Waals surface area contributed by atoms with E-state index in [0.717, 1.165) is 23.2 Å². The van der Waals surface area contributed by atoms with Gasteiger partial charge in [0.15, 0.2) is 0 Å². The van der Waals surface area contributed by atoms with Gasteiger partial charge >= 0.3 is 0 Å². The van der Waals surface area contributed by atoms with Gasteiger partial charge in [0, 0.05) is 20.2 Å². The number of ether oxygens (including phenoxy) is 1. The summed E-state index contributed by atoms with van der Waals surface area (Å²) >= 11 is 5.08. The zero-order valence-electron chi connectivity index (χ0n) is 10.5. The third-order valence-electron chi connectivity index (χ3n) is 3.14. The Labute approximate surface area is 120 Å². The molecule has 0 N–H and O–H groups in total. The Kier molecular flexibility index (Phi) is 5.21. The summed E-state index contributed by atoms with van der Waals surface area (Å²) < 4.78 is 6.71. The molecule has 1 fully saturated rings. The molecule has 1 aromatic heterocycles. The van der Waals surface area contributed by atoms with Crippen molar-refractivity contribution < 1.29 is 9.53 Å². The lowest BCUT2D eigenvalue weighted by atomic mass is 10.1. The molecular weight excluding hydrogens is 314 g/mol. The summed E-state index contributed by atoms with van der Waals surface area (Å²) in [7, 11) is 1.86. The van der Waals surface area contributed by atoms with Crippen LogP contribution in [0.4, 0.5) is 0 Å². The largest absolute Gasteiger partial charge is 0.378 e. The first-order valence-electron chi connectivity index (χ1n) is 6.23. The predicted octanol–water partition coefficient (Wildman–Crippen LogP) is 3.43. The molecule has 100 valence electrons.